The topological polar surface area (TPSA) is 56.5 Å². The van der Waals surface area contributed by atoms with Crippen molar-refractivity contribution in [1.82, 2.24) is 0 Å². The zero-order valence-electron chi connectivity index (χ0n) is 10.8. The van der Waals surface area contributed by atoms with E-state index in [2.05, 4.69) is 0 Å². The maximum Gasteiger partial charge on any atom is 0.343 e. The molecule has 0 aliphatic rings. The van der Waals surface area contributed by atoms with Crippen LogP contribution in [0, 0.1) is 6.92 Å². The summed E-state index contributed by atoms with van der Waals surface area (Å²) >= 11 is 0. The van der Waals surface area contributed by atoms with Crippen molar-refractivity contribution in [1.29, 1.82) is 0 Å². The second-order valence-corrected chi connectivity index (χ2v) is 4.00. The third-order valence-corrected chi connectivity index (χ3v) is 2.71. The molecule has 0 N–H and O–H groups in total. The predicted octanol–water partition coefficient (Wildman–Crippen LogP) is 2.79. The van der Waals surface area contributed by atoms with Gasteiger partial charge >= 0.3 is 11.6 Å². The van der Waals surface area contributed by atoms with Crippen LogP contribution in [0.15, 0.2) is 45.6 Å². The fourth-order valence-electron chi connectivity index (χ4n) is 1.78. The highest BCUT2D eigenvalue weighted by Gasteiger charge is 2.16. The van der Waals surface area contributed by atoms with Gasteiger partial charge in [0.25, 0.3) is 0 Å². The van der Waals surface area contributed by atoms with Crippen molar-refractivity contribution in [2.75, 3.05) is 6.61 Å². The molecular weight excluding hydrogens is 244 g/mol. The second-order valence-electron chi connectivity index (χ2n) is 4.00. The Balaban J connectivity index is 2.55. The molecule has 0 saturated heterocycles. The number of carbonyl (C=O) groups is 1. The number of hydrogen-bond donors (Lipinski definition) is 0. The van der Waals surface area contributed by atoms with Gasteiger partial charge in [-0.3, -0.25) is 0 Å². The molecular formula is C15H14O4. The third kappa shape index (κ3) is 2.73. The Kier molecular flexibility index (Phi) is 3.80. The smallest absolute Gasteiger partial charge is 0.343 e. The maximum atomic E-state index is 11.9. The van der Waals surface area contributed by atoms with Gasteiger partial charge in [-0.2, -0.15) is 0 Å². The quantitative estimate of drug-likeness (QED) is 0.794. The van der Waals surface area contributed by atoms with Crippen LogP contribution < -0.4 is 5.63 Å². The number of aryl methyl sites for hydroxylation is 1. The Bertz CT molecular complexity index is 641. The van der Waals surface area contributed by atoms with Crippen LogP contribution in [0.5, 0.6) is 0 Å². The summed E-state index contributed by atoms with van der Waals surface area (Å²) in [6.45, 7) is 3.57. The zero-order chi connectivity index (χ0) is 13.8. The minimum absolute atomic E-state index is 0.267. The Morgan fingerprint density at radius 2 is 1.95 bits per heavy atom. The van der Waals surface area contributed by atoms with E-state index in [1.807, 2.05) is 18.2 Å². The molecule has 0 aliphatic carbocycles. The standard InChI is InChI=1S/C15H14O4/c1-3-18-14(16)12-9-13(15(17)19-10(12)2)11-7-5-4-6-8-11/h4-9H,3H2,1-2H3. The number of ether oxygens (including phenoxy) is 1. The van der Waals surface area contributed by atoms with Gasteiger partial charge in [0.2, 0.25) is 0 Å². The summed E-state index contributed by atoms with van der Waals surface area (Å²) in [5.41, 5.74) is 0.883. The van der Waals surface area contributed by atoms with Crippen molar-refractivity contribution in [3.8, 4) is 11.1 Å². The number of esters is 1. The Morgan fingerprint density at radius 3 is 2.58 bits per heavy atom. The van der Waals surface area contributed by atoms with Gasteiger partial charge in [0.05, 0.1) is 17.7 Å². The summed E-state index contributed by atoms with van der Waals surface area (Å²) in [6, 6.07) is 10.6. The van der Waals surface area contributed by atoms with Crippen molar-refractivity contribution in [2.45, 2.75) is 13.8 Å². The van der Waals surface area contributed by atoms with Gasteiger partial charge in [-0.25, -0.2) is 9.59 Å². The van der Waals surface area contributed by atoms with Gasteiger partial charge in [0.15, 0.2) is 0 Å². The van der Waals surface area contributed by atoms with Crippen LogP contribution in [0.3, 0.4) is 0 Å². The molecule has 4 heteroatoms. The van der Waals surface area contributed by atoms with Crippen molar-refractivity contribution < 1.29 is 13.9 Å². The molecule has 0 bridgehead atoms. The highest BCUT2D eigenvalue weighted by molar-refractivity contribution is 5.91. The van der Waals surface area contributed by atoms with Crippen LogP contribution in [0.25, 0.3) is 11.1 Å². The molecule has 1 heterocycles. The minimum Gasteiger partial charge on any atom is -0.462 e. The van der Waals surface area contributed by atoms with Crippen LogP contribution >= 0.6 is 0 Å². The Hall–Kier alpha value is -2.36. The Morgan fingerprint density at radius 1 is 1.26 bits per heavy atom. The summed E-state index contributed by atoms with van der Waals surface area (Å²) in [7, 11) is 0. The molecule has 0 fully saturated rings. The zero-order valence-corrected chi connectivity index (χ0v) is 10.8. The van der Waals surface area contributed by atoms with Crippen molar-refractivity contribution in [3.63, 3.8) is 0 Å². The molecule has 1 aromatic heterocycles. The maximum absolute atomic E-state index is 11.9. The molecule has 98 valence electrons. The first-order chi connectivity index (χ1) is 9.13. The lowest BCUT2D eigenvalue weighted by Gasteiger charge is -2.06. The van der Waals surface area contributed by atoms with E-state index in [0.717, 1.165) is 0 Å². The minimum atomic E-state index is -0.485. The van der Waals surface area contributed by atoms with Gasteiger partial charge in [0, 0.05) is 0 Å². The number of benzene rings is 1. The average molecular weight is 258 g/mol. The molecule has 0 aliphatic heterocycles. The molecule has 0 atom stereocenters. The van der Waals surface area contributed by atoms with Gasteiger partial charge in [-0.15, -0.1) is 0 Å². The fraction of sp³-hybridized carbons (Fsp3) is 0.200. The first-order valence-electron chi connectivity index (χ1n) is 6.00. The molecule has 0 unspecified atom stereocenters. The molecule has 4 nitrogen and oxygen atoms in total. The van der Waals surface area contributed by atoms with E-state index in [1.54, 1.807) is 26.0 Å². The monoisotopic (exact) mass is 258 g/mol. The van der Waals surface area contributed by atoms with E-state index < -0.39 is 11.6 Å². The molecule has 1 aromatic carbocycles. The van der Waals surface area contributed by atoms with E-state index in [1.165, 1.54) is 6.07 Å². The summed E-state index contributed by atoms with van der Waals surface area (Å²) in [5.74, 6) is -0.218. The van der Waals surface area contributed by atoms with E-state index >= 15 is 0 Å². The highest BCUT2D eigenvalue weighted by atomic mass is 16.5. The lowest BCUT2D eigenvalue weighted by molar-refractivity contribution is 0.0522. The Labute approximate surface area is 110 Å². The molecule has 19 heavy (non-hydrogen) atoms. The number of rotatable bonds is 3. The summed E-state index contributed by atoms with van der Waals surface area (Å²) in [6.07, 6.45) is 0. The van der Waals surface area contributed by atoms with Crippen LogP contribution in [-0.4, -0.2) is 12.6 Å². The predicted molar refractivity (Wildman–Crippen MR) is 71.1 cm³/mol. The first-order valence-corrected chi connectivity index (χ1v) is 6.00. The van der Waals surface area contributed by atoms with E-state index in [9.17, 15) is 9.59 Å². The molecule has 0 saturated carbocycles. The van der Waals surface area contributed by atoms with Crippen LogP contribution in [-0.2, 0) is 4.74 Å². The van der Waals surface area contributed by atoms with E-state index in [0.29, 0.717) is 11.1 Å². The van der Waals surface area contributed by atoms with Gasteiger partial charge in [-0.05, 0) is 25.5 Å². The largest absolute Gasteiger partial charge is 0.462 e. The molecule has 0 amide bonds. The number of carbonyl (C=O) groups excluding carboxylic acids is 1. The van der Waals surface area contributed by atoms with Gasteiger partial charge in [0.1, 0.15) is 5.76 Å². The fourth-order valence-corrected chi connectivity index (χ4v) is 1.78. The molecule has 2 rings (SSSR count). The molecule has 2 aromatic rings. The molecule has 0 radical (unpaired) electrons. The van der Waals surface area contributed by atoms with Gasteiger partial charge in [-0.1, -0.05) is 30.3 Å². The van der Waals surface area contributed by atoms with Crippen molar-refractivity contribution >= 4 is 5.97 Å². The normalized spacial score (nSPS) is 10.2. The lowest BCUT2D eigenvalue weighted by atomic mass is 10.1. The highest BCUT2D eigenvalue weighted by Crippen LogP contribution is 2.19. The van der Waals surface area contributed by atoms with Crippen molar-refractivity contribution in [3.05, 3.63) is 58.1 Å². The SMILES string of the molecule is CCOC(=O)c1cc(-c2ccccc2)c(=O)oc1C. The van der Waals surface area contributed by atoms with E-state index in [4.69, 9.17) is 9.15 Å². The summed E-state index contributed by atoms with van der Waals surface area (Å²) < 4.78 is 10.0. The van der Waals surface area contributed by atoms with E-state index in [-0.39, 0.29) is 17.9 Å². The first kappa shape index (κ1) is 13.1. The van der Waals surface area contributed by atoms with Gasteiger partial charge < -0.3 is 9.15 Å². The summed E-state index contributed by atoms with van der Waals surface area (Å²) in [5, 5.41) is 0. The average Bonchev–Trinajstić information content (AvgIpc) is 2.40. The lowest BCUT2D eigenvalue weighted by Crippen LogP contribution is -2.12. The van der Waals surface area contributed by atoms with Crippen LogP contribution in [0.2, 0.25) is 0 Å². The molecule has 0 spiro atoms. The number of hydrogen-bond acceptors (Lipinski definition) is 4. The van der Waals surface area contributed by atoms with Crippen LogP contribution in [0.4, 0.5) is 0 Å². The van der Waals surface area contributed by atoms with Crippen LogP contribution in [0.1, 0.15) is 23.0 Å². The van der Waals surface area contributed by atoms with Crippen molar-refractivity contribution in [2.24, 2.45) is 0 Å². The third-order valence-electron chi connectivity index (χ3n) is 2.71. The second kappa shape index (κ2) is 5.52. The summed E-state index contributed by atoms with van der Waals surface area (Å²) in [4.78, 5) is 23.6.